The van der Waals surface area contributed by atoms with Gasteiger partial charge in [0.1, 0.15) is 11.8 Å². The molecule has 1 heterocycles. The van der Waals surface area contributed by atoms with Gasteiger partial charge in [-0.15, -0.1) is 12.4 Å². The van der Waals surface area contributed by atoms with E-state index in [0.717, 1.165) is 12.2 Å². The maximum atomic E-state index is 13.0. The van der Waals surface area contributed by atoms with Gasteiger partial charge in [0.2, 0.25) is 5.91 Å². The van der Waals surface area contributed by atoms with Crippen LogP contribution in [-0.4, -0.2) is 43.7 Å². The highest BCUT2D eigenvalue weighted by molar-refractivity contribution is 5.85. The second kappa shape index (κ2) is 9.58. The molecule has 1 aromatic carbocycles. The quantitative estimate of drug-likeness (QED) is 0.850. The lowest BCUT2D eigenvalue weighted by molar-refractivity contribution is -0.139. The molecule has 0 aromatic heterocycles. The number of rotatable bonds is 5. The third kappa shape index (κ3) is 4.51. The third-order valence-electron chi connectivity index (χ3n) is 5.72. The molecule has 26 heavy (non-hydrogen) atoms. The van der Waals surface area contributed by atoms with Crippen LogP contribution in [0.1, 0.15) is 43.2 Å². The van der Waals surface area contributed by atoms with Gasteiger partial charge in [0.15, 0.2) is 0 Å². The first-order chi connectivity index (χ1) is 12.1. The van der Waals surface area contributed by atoms with E-state index in [2.05, 4.69) is 12.1 Å². The van der Waals surface area contributed by atoms with Crippen LogP contribution in [0.3, 0.4) is 0 Å². The molecule has 2 atom stereocenters. The zero-order valence-electron chi connectivity index (χ0n) is 15.8. The van der Waals surface area contributed by atoms with Crippen molar-refractivity contribution < 1.29 is 14.3 Å². The monoisotopic (exact) mass is 382 g/mol. The van der Waals surface area contributed by atoms with Gasteiger partial charge in [-0.25, -0.2) is 0 Å². The standard InChI is InChI=1S/C20H30N2O3.ClH/c1-24-13-18(21)20(23)22-12-16-10-17(25-2)9-8-15(16)11-19(22)14-6-4-3-5-7-14;/h8-10,14,18-19H,3-7,11-13,21H2,1-2H3;1H. The fourth-order valence-corrected chi connectivity index (χ4v) is 4.36. The number of nitrogens with zero attached hydrogens (tertiary/aromatic N) is 1. The Bertz CT molecular complexity index is 605. The second-order valence-electron chi connectivity index (χ2n) is 7.33. The van der Waals surface area contributed by atoms with E-state index >= 15 is 0 Å². The number of methoxy groups -OCH3 is 2. The molecule has 0 bridgehead atoms. The van der Waals surface area contributed by atoms with Crippen molar-refractivity contribution in [3.63, 3.8) is 0 Å². The summed E-state index contributed by atoms with van der Waals surface area (Å²) in [4.78, 5) is 15.0. The molecule has 1 aliphatic carbocycles. The normalized spacial score (nSPS) is 21.5. The molecular formula is C20H31ClN2O3. The minimum atomic E-state index is -0.594. The SMILES string of the molecule is COCC(N)C(=O)N1Cc2cc(OC)ccc2CC1C1CCCCC1.Cl. The maximum Gasteiger partial charge on any atom is 0.242 e. The summed E-state index contributed by atoms with van der Waals surface area (Å²) in [5.41, 5.74) is 8.59. The van der Waals surface area contributed by atoms with E-state index in [1.807, 2.05) is 11.0 Å². The van der Waals surface area contributed by atoms with Crippen molar-refractivity contribution in [2.75, 3.05) is 20.8 Å². The van der Waals surface area contributed by atoms with Gasteiger partial charge >= 0.3 is 0 Å². The molecule has 2 aliphatic rings. The first-order valence-corrected chi connectivity index (χ1v) is 9.34. The summed E-state index contributed by atoms with van der Waals surface area (Å²) < 4.78 is 10.5. The highest BCUT2D eigenvalue weighted by atomic mass is 35.5. The van der Waals surface area contributed by atoms with Crippen molar-refractivity contribution >= 4 is 18.3 Å². The van der Waals surface area contributed by atoms with Crippen LogP contribution >= 0.6 is 12.4 Å². The molecule has 6 heteroatoms. The lowest BCUT2D eigenvalue weighted by Gasteiger charge is -2.43. The molecular weight excluding hydrogens is 352 g/mol. The number of hydrogen-bond acceptors (Lipinski definition) is 4. The number of carbonyl (C=O) groups is 1. The molecule has 2 N–H and O–H groups in total. The first-order valence-electron chi connectivity index (χ1n) is 9.34. The molecule has 1 saturated carbocycles. The highest BCUT2D eigenvalue weighted by Crippen LogP contribution is 2.36. The summed E-state index contributed by atoms with van der Waals surface area (Å²) in [5.74, 6) is 1.41. The number of hydrogen-bond donors (Lipinski definition) is 1. The summed E-state index contributed by atoms with van der Waals surface area (Å²) >= 11 is 0. The minimum Gasteiger partial charge on any atom is -0.497 e. The van der Waals surface area contributed by atoms with Crippen molar-refractivity contribution in [3.8, 4) is 5.75 Å². The zero-order chi connectivity index (χ0) is 17.8. The van der Waals surface area contributed by atoms with Crippen molar-refractivity contribution in [1.82, 2.24) is 4.90 Å². The number of carbonyl (C=O) groups excluding carboxylic acids is 1. The molecule has 0 saturated heterocycles. The van der Waals surface area contributed by atoms with Crippen LogP contribution in [0.4, 0.5) is 0 Å². The summed E-state index contributed by atoms with van der Waals surface area (Å²) in [6, 6.07) is 5.88. The van der Waals surface area contributed by atoms with Crippen LogP contribution in [-0.2, 0) is 22.5 Å². The second-order valence-corrected chi connectivity index (χ2v) is 7.33. The minimum absolute atomic E-state index is 0. The Hall–Kier alpha value is -1.30. The predicted molar refractivity (Wildman–Crippen MR) is 105 cm³/mol. The Labute approximate surface area is 162 Å². The lowest BCUT2D eigenvalue weighted by Crippen LogP contribution is -2.54. The molecule has 0 radical (unpaired) electrons. The van der Waals surface area contributed by atoms with Gasteiger partial charge in [-0.1, -0.05) is 25.3 Å². The topological polar surface area (TPSA) is 64.8 Å². The van der Waals surface area contributed by atoms with E-state index in [1.54, 1.807) is 14.2 Å². The van der Waals surface area contributed by atoms with Crippen LogP contribution in [0, 0.1) is 5.92 Å². The molecule has 1 amide bonds. The Morgan fingerprint density at radius 3 is 2.62 bits per heavy atom. The number of halogens is 1. The average Bonchev–Trinajstić information content (AvgIpc) is 2.66. The van der Waals surface area contributed by atoms with E-state index in [4.69, 9.17) is 15.2 Å². The lowest BCUT2D eigenvalue weighted by atomic mass is 9.78. The van der Waals surface area contributed by atoms with Gasteiger partial charge in [0.05, 0.1) is 13.7 Å². The molecule has 2 unspecified atom stereocenters. The molecule has 1 aromatic rings. The summed E-state index contributed by atoms with van der Waals surface area (Å²) in [6.07, 6.45) is 7.17. The average molecular weight is 383 g/mol. The molecule has 146 valence electrons. The van der Waals surface area contributed by atoms with Crippen LogP contribution in [0.25, 0.3) is 0 Å². The van der Waals surface area contributed by atoms with Gasteiger partial charge < -0.3 is 20.1 Å². The Morgan fingerprint density at radius 2 is 1.96 bits per heavy atom. The van der Waals surface area contributed by atoms with Gasteiger partial charge in [-0.2, -0.15) is 0 Å². The van der Waals surface area contributed by atoms with Gasteiger partial charge in [0.25, 0.3) is 0 Å². The van der Waals surface area contributed by atoms with Crippen LogP contribution < -0.4 is 10.5 Å². The van der Waals surface area contributed by atoms with E-state index < -0.39 is 6.04 Å². The maximum absolute atomic E-state index is 13.0. The predicted octanol–water partition coefficient (Wildman–Crippen LogP) is 2.92. The molecule has 0 spiro atoms. The Balaban J connectivity index is 0.00000243. The van der Waals surface area contributed by atoms with Crippen LogP contribution in [0.2, 0.25) is 0 Å². The number of fused-ring (bicyclic) bond motifs is 1. The molecule has 5 nitrogen and oxygen atoms in total. The first kappa shape index (κ1) is 21.0. The largest absolute Gasteiger partial charge is 0.497 e. The number of nitrogens with two attached hydrogens (primary N) is 1. The molecule has 1 fully saturated rings. The molecule has 3 rings (SSSR count). The van der Waals surface area contributed by atoms with Crippen LogP contribution in [0.15, 0.2) is 18.2 Å². The van der Waals surface area contributed by atoms with Crippen molar-refractivity contribution in [2.24, 2.45) is 11.7 Å². The van der Waals surface area contributed by atoms with Gasteiger partial charge in [0, 0.05) is 19.7 Å². The van der Waals surface area contributed by atoms with E-state index in [0.29, 0.717) is 12.5 Å². The van der Waals surface area contributed by atoms with Crippen molar-refractivity contribution in [1.29, 1.82) is 0 Å². The Morgan fingerprint density at radius 1 is 1.23 bits per heavy atom. The van der Waals surface area contributed by atoms with Crippen molar-refractivity contribution in [2.45, 2.75) is 57.2 Å². The number of amides is 1. The summed E-state index contributed by atoms with van der Waals surface area (Å²) in [6.45, 7) is 0.877. The highest BCUT2D eigenvalue weighted by Gasteiger charge is 2.37. The summed E-state index contributed by atoms with van der Waals surface area (Å²) in [7, 11) is 3.26. The summed E-state index contributed by atoms with van der Waals surface area (Å²) in [5, 5.41) is 0. The van der Waals surface area contributed by atoms with Crippen molar-refractivity contribution in [3.05, 3.63) is 29.3 Å². The fraction of sp³-hybridized carbons (Fsp3) is 0.650. The third-order valence-corrected chi connectivity index (χ3v) is 5.72. The van der Waals surface area contributed by atoms with E-state index in [-0.39, 0.29) is 31.0 Å². The fourth-order valence-electron chi connectivity index (χ4n) is 4.36. The zero-order valence-corrected chi connectivity index (χ0v) is 16.6. The number of benzene rings is 1. The molecule has 1 aliphatic heterocycles. The van der Waals surface area contributed by atoms with E-state index in [9.17, 15) is 4.79 Å². The number of ether oxygens (including phenoxy) is 2. The van der Waals surface area contributed by atoms with Gasteiger partial charge in [-0.3, -0.25) is 4.79 Å². The smallest absolute Gasteiger partial charge is 0.242 e. The van der Waals surface area contributed by atoms with Gasteiger partial charge in [-0.05, 0) is 48.4 Å². The van der Waals surface area contributed by atoms with E-state index in [1.165, 1.54) is 43.2 Å². The Kier molecular flexibility index (Phi) is 7.74. The van der Waals surface area contributed by atoms with Crippen LogP contribution in [0.5, 0.6) is 5.75 Å².